The fraction of sp³-hybridized carbons (Fsp3) is 0.222. The van der Waals surface area contributed by atoms with Crippen LogP contribution in [0.1, 0.15) is 26.7 Å². The van der Waals surface area contributed by atoms with Gasteiger partial charge >= 0.3 is 5.97 Å². The van der Waals surface area contributed by atoms with Gasteiger partial charge in [-0.15, -0.1) is 0 Å². The first-order chi connectivity index (χ1) is 8.52. The third-order valence-corrected chi connectivity index (χ3v) is 3.30. The maximum absolute atomic E-state index is 12.0. The molecule has 0 aliphatic rings. The Bertz CT molecular complexity index is 591. The SMILES string of the molecule is Cc1nsc(N(C)C(=O)c2ncn[nH]2)c1C(=O)O. The third kappa shape index (κ3) is 1.95. The Balaban J connectivity index is 2.38. The summed E-state index contributed by atoms with van der Waals surface area (Å²) in [5.41, 5.74) is 0.398. The van der Waals surface area contributed by atoms with Crippen LogP contribution < -0.4 is 4.90 Å². The van der Waals surface area contributed by atoms with Crippen molar-refractivity contribution in [1.82, 2.24) is 19.6 Å². The average Bonchev–Trinajstić information content (AvgIpc) is 2.95. The minimum atomic E-state index is -1.12. The van der Waals surface area contributed by atoms with E-state index in [2.05, 4.69) is 19.6 Å². The lowest BCUT2D eigenvalue weighted by atomic mass is 10.2. The maximum atomic E-state index is 12.0. The number of carboxylic acids is 1. The summed E-state index contributed by atoms with van der Waals surface area (Å²) in [7, 11) is 1.46. The van der Waals surface area contributed by atoms with E-state index in [-0.39, 0.29) is 16.4 Å². The molecular weight excluding hydrogens is 258 g/mol. The molecule has 2 heterocycles. The van der Waals surface area contributed by atoms with Gasteiger partial charge in [0, 0.05) is 7.05 Å². The number of nitrogens with zero attached hydrogens (tertiary/aromatic N) is 4. The zero-order valence-corrected chi connectivity index (χ0v) is 10.4. The molecule has 0 aromatic carbocycles. The highest BCUT2D eigenvalue weighted by atomic mass is 32.1. The maximum Gasteiger partial charge on any atom is 0.340 e. The van der Waals surface area contributed by atoms with E-state index in [0.29, 0.717) is 5.69 Å². The molecule has 0 aliphatic carbocycles. The van der Waals surface area contributed by atoms with Crippen molar-refractivity contribution in [2.24, 2.45) is 0 Å². The molecule has 0 bridgehead atoms. The van der Waals surface area contributed by atoms with Crippen LogP contribution in [0.25, 0.3) is 0 Å². The molecule has 0 saturated heterocycles. The molecule has 1 amide bonds. The number of amides is 1. The standard InChI is InChI=1S/C9H9N5O3S/c1-4-5(9(16)17)8(18-13-4)14(2)7(15)6-10-3-11-12-6/h3H,1-2H3,(H,16,17)(H,10,11,12). The van der Waals surface area contributed by atoms with Crippen molar-refractivity contribution in [3.63, 3.8) is 0 Å². The molecule has 2 aromatic rings. The first-order valence-corrected chi connectivity index (χ1v) is 5.62. The summed E-state index contributed by atoms with van der Waals surface area (Å²) >= 11 is 0.950. The van der Waals surface area contributed by atoms with Crippen LogP contribution >= 0.6 is 11.5 Å². The Hall–Kier alpha value is -2.29. The number of aryl methyl sites for hydroxylation is 1. The minimum absolute atomic E-state index is 0.0235. The number of aromatic nitrogens is 4. The molecule has 0 fully saturated rings. The molecule has 0 atom stereocenters. The highest BCUT2D eigenvalue weighted by molar-refractivity contribution is 7.11. The van der Waals surface area contributed by atoms with E-state index < -0.39 is 11.9 Å². The van der Waals surface area contributed by atoms with Gasteiger partial charge in [-0.1, -0.05) is 0 Å². The second-order valence-corrected chi connectivity index (χ2v) is 4.20. The van der Waals surface area contributed by atoms with Crippen LogP contribution in [-0.2, 0) is 0 Å². The number of aromatic carboxylic acids is 1. The lowest BCUT2D eigenvalue weighted by molar-refractivity contribution is 0.0697. The highest BCUT2D eigenvalue weighted by Gasteiger charge is 2.25. The lowest BCUT2D eigenvalue weighted by Gasteiger charge is -2.13. The number of nitrogens with one attached hydrogen (secondary N) is 1. The number of carboxylic acid groups (broad SMARTS) is 1. The second kappa shape index (κ2) is 4.53. The van der Waals surface area contributed by atoms with Crippen LogP contribution in [-0.4, -0.2) is 43.6 Å². The van der Waals surface area contributed by atoms with Gasteiger partial charge < -0.3 is 5.11 Å². The van der Waals surface area contributed by atoms with Gasteiger partial charge in [-0.2, -0.15) is 9.47 Å². The molecule has 0 unspecified atom stereocenters. The summed E-state index contributed by atoms with van der Waals surface area (Å²) in [6.07, 6.45) is 1.21. The van der Waals surface area contributed by atoms with Gasteiger partial charge in [0.2, 0.25) is 5.82 Å². The molecule has 0 saturated carbocycles. The Morgan fingerprint density at radius 3 is 2.78 bits per heavy atom. The van der Waals surface area contributed by atoms with Gasteiger partial charge in [-0.25, -0.2) is 9.78 Å². The number of H-pyrrole nitrogens is 1. The van der Waals surface area contributed by atoms with E-state index in [9.17, 15) is 9.59 Å². The van der Waals surface area contributed by atoms with E-state index in [1.165, 1.54) is 18.3 Å². The first kappa shape index (κ1) is 12.2. The largest absolute Gasteiger partial charge is 0.478 e. The van der Waals surface area contributed by atoms with Gasteiger partial charge in [0.25, 0.3) is 5.91 Å². The number of rotatable bonds is 3. The zero-order valence-electron chi connectivity index (χ0n) is 9.54. The second-order valence-electron chi connectivity index (χ2n) is 3.45. The monoisotopic (exact) mass is 267 g/mol. The predicted molar refractivity (Wildman–Crippen MR) is 62.9 cm³/mol. The molecule has 2 aromatic heterocycles. The Morgan fingerprint density at radius 1 is 1.50 bits per heavy atom. The van der Waals surface area contributed by atoms with Crippen molar-refractivity contribution in [3.8, 4) is 0 Å². The van der Waals surface area contributed by atoms with Crippen molar-refractivity contribution >= 4 is 28.4 Å². The van der Waals surface area contributed by atoms with E-state index in [4.69, 9.17) is 5.11 Å². The summed E-state index contributed by atoms with van der Waals surface area (Å²) in [6, 6.07) is 0. The van der Waals surface area contributed by atoms with Gasteiger partial charge in [0.1, 0.15) is 16.9 Å². The van der Waals surface area contributed by atoms with Gasteiger partial charge in [-0.05, 0) is 18.5 Å². The topological polar surface area (TPSA) is 112 Å². The van der Waals surface area contributed by atoms with E-state index in [0.717, 1.165) is 11.5 Å². The minimum Gasteiger partial charge on any atom is -0.478 e. The summed E-state index contributed by atoms with van der Waals surface area (Å²) in [4.78, 5) is 28.0. The fourth-order valence-corrected chi connectivity index (χ4v) is 2.24. The van der Waals surface area contributed by atoms with E-state index in [1.54, 1.807) is 6.92 Å². The fourth-order valence-electron chi connectivity index (χ4n) is 1.39. The zero-order chi connectivity index (χ0) is 13.3. The third-order valence-electron chi connectivity index (χ3n) is 2.29. The quantitative estimate of drug-likeness (QED) is 0.839. The molecule has 0 aliphatic heterocycles. The number of hydrogen-bond acceptors (Lipinski definition) is 6. The molecule has 18 heavy (non-hydrogen) atoms. The molecule has 9 heteroatoms. The molecule has 2 rings (SSSR count). The van der Waals surface area contributed by atoms with Crippen molar-refractivity contribution in [1.29, 1.82) is 0 Å². The van der Waals surface area contributed by atoms with E-state index >= 15 is 0 Å². The van der Waals surface area contributed by atoms with Crippen molar-refractivity contribution in [3.05, 3.63) is 23.4 Å². The number of aromatic amines is 1. The highest BCUT2D eigenvalue weighted by Crippen LogP contribution is 2.28. The molecule has 2 N–H and O–H groups in total. The Labute approximate surface area is 105 Å². The lowest BCUT2D eigenvalue weighted by Crippen LogP contribution is -2.28. The van der Waals surface area contributed by atoms with Crippen LogP contribution in [0.4, 0.5) is 5.00 Å². The number of carbonyl (C=O) groups excluding carboxylic acids is 1. The molecule has 94 valence electrons. The summed E-state index contributed by atoms with van der Waals surface area (Å²) < 4.78 is 3.94. The predicted octanol–water partition coefficient (Wildman–Crippen LogP) is 0.544. The average molecular weight is 267 g/mol. The molecular formula is C9H9N5O3S. The van der Waals surface area contributed by atoms with Crippen LogP contribution in [0.15, 0.2) is 6.33 Å². The molecule has 8 nitrogen and oxygen atoms in total. The van der Waals surface area contributed by atoms with Crippen molar-refractivity contribution < 1.29 is 14.7 Å². The Morgan fingerprint density at radius 2 is 2.22 bits per heavy atom. The normalized spacial score (nSPS) is 10.3. The first-order valence-electron chi connectivity index (χ1n) is 4.85. The van der Waals surface area contributed by atoms with Crippen LogP contribution in [0.3, 0.4) is 0 Å². The Kier molecular flexibility index (Phi) is 3.06. The number of anilines is 1. The molecule has 0 spiro atoms. The van der Waals surface area contributed by atoms with Crippen molar-refractivity contribution in [2.75, 3.05) is 11.9 Å². The van der Waals surface area contributed by atoms with Gasteiger partial charge in [0.15, 0.2) is 0 Å². The van der Waals surface area contributed by atoms with Crippen molar-refractivity contribution in [2.45, 2.75) is 6.92 Å². The number of hydrogen-bond donors (Lipinski definition) is 2. The van der Waals surface area contributed by atoms with Crippen LogP contribution in [0.5, 0.6) is 0 Å². The summed E-state index contributed by atoms with van der Waals surface area (Å²) in [5, 5.41) is 15.4. The van der Waals surface area contributed by atoms with Gasteiger partial charge in [0.05, 0.1) is 5.69 Å². The van der Waals surface area contributed by atoms with Crippen LogP contribution in [0, 0.1) is 6.92 Å². The van der Waals surface area contributed by atoms with E-state index in [1.807, 2.05) is 0 Å². The molecule has 0 radical (unpaired) electrons. The van der Waals surface area contributed by atoms with Crippen LogP contribution in [0.2, 0.25) is 0 Å². The summed E-state index contributed by atoms with van der Waals surface area (Å²) in [5.74, 6) is -1.55. The van der Waals surface area contributed by atoms with Gasteiger partial charge in [-0.3, -0.25) is 14.8 Å². The number of carbonyl (C=O) groups is 2. The summed E-state index contributed by atoms with van der Waals surface area (Å²) in [6.45, 7) is 1.58. The smallest absolute Gasteiger partial charge is 0.340 e.